The van der Waals surface area contributed by atoms with Crippen LogP contribution in [0.5, 0.6) is 0 Å². The lowest BCUT2D eigenvalue weighted by atomic mass is 9.94. The van der Waals surface area contributed by atoms with Crippen LogP contribution in [0.2, 0.25) is 0 Å². The maximum absolute atomic E-state index is 14.8. The summed E-state index contributed by atoms with van der Waals surface area (Å²) in [5, 5.41) is 3.14. The summed E-state index contributed by atoms with van der Waals surface area (Å²) in [5.74, 6) is -1.91. The topological polar surface area (TPSA) is 86.8 Å². The molecule has 0 spiro atoms. The van der Waals surface area contributed by atoms with E-state index >= 15 is 0 Å². The van der Waals surface area contributed by atoms with Crippen LogP contribution >= 0.6 is 0 Å². The van der Waals surface area contributed by atoms with Crippen LogP contribution in [0.3, 0.4) is 0 Å². The molecule has 1 aliphatic rings. The van der Waals surface area contributed by atoms with Crippen LogP contribution in [-0.2, 0) is 32.6 Å². The predicted molar refractivity (Wildman–Crippen MR) is 164 cm³/mol. The molecule has 3 aromatic carbocycles. The average Bonchev–Trinajstić information content (AvgIpc) is 2.99. The van der Waals surface area contributed by atoms with Gasteiger partial charge in [0.2, 0.25) is 21.8 Å². The smallest absolute Gasteiger partial charge is 0.243 e. The van der Waals surface area contributed by atoms with Crippen molar-refractivity contribution in [2.45, 2.75) is 70.0 Å². The second kappa shape index (κ2) is 15.1. The first-order valence-electron chi connectivity index (χ1n) is 14.7. The molecule has 0 aromatic heterocycles. The number of anilines is 1. The van der Waals surface area contributed by atoms with Gasteiger partial charge >= 0.3 is 0 Å². The van der Waals surface area contributed by atoms with Crippen molar-refractivity contribution in [3.63, 3.8) is 0 Å². The number of benzene rings is 3. The number of nitrogens with zero attached hydrogens (tertiary/aromatic N) is 2. The largest absolute Gasteiger partial charge is 0.352 e. The van der Waals surface area contributed by atoms with Crippen molar-refractivity contribution >= 4 is 27.5 Å². The highest BCUT2D eigenvalue weighted by molar-refractivity contribution is 7.92. The number of amides is 2. The van der Waals surface area contributed by atoms with Gasteiger partial charge in [0, 0.05) is 37.5 Å². The number of halogens is 2. The summed E-state index contributed by atoms with van der Waals surface area (Å²) >= 11 is 0. The Labute approximate surface area is 252 Å². The molecule has 7 nitrogen and oxygen atoms in total. The Hall–Kier alpha value is -3.79. The van der Waals surface area contributed by atoms with E-state index in [1.54, 1.807) is 18.2 Å². The van der Waals surface area contributed by atoms with E-state index in [0.29, 0.717) is 0 Å². The van der Waals surface area contributed by atoms with E-state index in [1.165, 1.54) is 35.2 Å². The lowest BCUT2D eigenvalue weighted by molar-refractivity contribution is -0.141. The zero-order valence-corrected chi connectivity index (χ0v) is 25.2. The van der Waals surface area contributed by atoms with Gasteiger partial charge in [-0.15, -0.1) is 0 Å². The van der Waals surface area contributed by atoms with Gasteiger partial charge in [-0.1, -0.05) is 79.9 Å². The number of para-hydroxylation sites is 1. The van der Waals surface area contributed by atoms with Crippen LogP contribution in [0, 0.1) is 11.6 Å². The Morgan fingerprint density at radius 3 is 2.16 bits per heavy atom. The second-order valence-electron chi connectivity index (χ2n) is 11.1. The van der Waals surface area contributed by atoms with E-state index in [-0.39, 0.29) is 55.6 Å². The molecule has 1 saturated carbocycles. The maximum Gasteiger partial charge on any atom is 0.243 e. The molecule has 10 heteroatoms. The zero-order valence-electron chi connectivity index (χ0n) is 24.4. The standard InChI is InChI=1S/C33H39F2N3O4S/c1-43(41,42)38(30-20-11-10-19-29(30)35)22-12-21-32(39)37(24-26-15-8-9-18-28(26)34)31(23-25-13-4-2-5-14-25)33(40)36-27-16-6-3-7-17-27/h2,4-5,8-11,13-15,18-20,27,31H,3,6-7,12,16-17,21-24H2,1H3,(H,36,40)/t31-/m1/s1. The maximum atomic E-state index is 14.8. The Balaban J connectivity index is 1.60. The molecule has 0 radical (unpaired) electrons. The van der Waals surface area contributed by atoms with E-state index in [9.17, 15) is 26.8 Å². The lowest BCUT2D eigenvalue weighted by Gasteiger charge is -2.34. The fourth-order valence-corrected chi connectivity index (χ4v) is 6.51. The van der Waals surface area contributed by atoms with Crippen LogP contribution in [-0.4, -0.2) is 50.0 Å². The molecule has 43 heavy (non-hydrogen) atoms. The molecule has 2 amide bonds. The van der Waals surface area contributed by atoms with E-state index in [2.05, 4.69) is 5.32 Å². The summed E-state index contributed by atoms with van der Waals surface area (Å²) in [5.41, 5.74) is 1.01. The van der Waals surface area contributed by atoms with Gasteiger partial charge in [-0.3, -0.25) is 13.9 Å². The predicted octanol–water partition coefficient (Wildman–Crippen LogP) is 5.60. The molecule has 1 N–H and O–H groups in total. The molecule has 1 fully saturated rings. The third kappa shape index (κ3) is 9.10. The Morgan fingerprint density at radius 2 is 1.51 bits per heavy atom. The van der Waals surface area contributed by atoms with Crippen molar-refractivity contribution in [2.75, 3.05) is 17.1 Å². The summed E-state index contributed by atoms with van der Waals surface area (Å²) in [4.78, 5) is 29.1. The monoisotopic (exact) mass is 611 g/mol. The van der Waals surface area contributed by atoms with E-state index in [4.69, 9.17) is 0 Å². The van der Waals surface area contributed by atoms with Crippen LogP contribution in [0.25, 0.3) is 0 Å². The molecule has 1 aliphatic carbocycles. The molecular formula is C33H39F2N3O4S. The normalized spacial score (nSPS) is 14.6. The number of sulfonamides is 1. The third-order valence-corrected chi connectivity index (χ3v) is 8.97. The van der Waals surface area contributed by atoms with Crippen molar-refractivity contribution in [1.82, 2.24) is 10.2 Å². The van der Waals surface area contributed by atoms with Crippen molar-refractivity contribution in [3.05, 3.63) is 102 Å². The van der Waals surface area contributed by atoms with E-state index in [1.807, 2.05) is 30.3 Å². The number of carbonyl (C=O) groups is 2. The minimum atomic E-state index is -3.84. The minimum absolute atomic E-state index is 0.00836. The van der Waals surface area contributed by atoms with E-state index in [0.717, 1.165) is 48.2 Å². The van der Waals surface area contributed by atoms with Crippen LogP contribution in [0.4, 0.5) is 14.5 Å². The van der Waals surface area contributed by atoms with Gasteiger partial charge in [-0.05, 0) is 43.0 Å². The second-order valence-corrected chi connectivity index (χ2v) is 13.0. The van der Waals surface area contributed by atoms with Gasteiger partial charge in [-0.2, -0.15) is 0 Å². The van der Waals surface area contributed by atoms with Gasteiger partial charge in [0.15, 0.2) is 0 Å². The van der Waals surface area contributed by atoms with E-state index < -0.39 is 33.6 Å². The Bertz CT molecular complexity index is 1480. The molecule has 1 atom stereocenters. The molecule has 0 aliphatic heterocycles. The fourth-order valence-electron chi connectivity index (χ4n) is 5.54. The average molecular weight is 612 g/mol. The molecule has 3 aromatic rings. The highest BCUT2D eigenvalue weighted by atomic mass is 32.2. The first-order valence-corrected chi connectivity index (χ1v) is 16.6. The van der Waals surface area contributed by atoms with Gasteiger partial charge in [-0.25, -0.2) is 17.2 Å². The SMILES string of the molecule is CS(=O)(=O)N(CCCC(=O)N(Cc1ccccc1F)[C@H](Cc1ccccc1)C(=O)NC1CCCCC1)c1ccccc1F. The zero-order chi connectivity index (χ0) is 30.8. The number of nitrogens with one attached hydrogen (secondary N) is 1. The first kappa shape index (κ1) is 32.1. The molecular weight excluding hydrogens is 572 g/mol. The number of hydrogen-bond acceptors (Lipinski definition) is 4. The third-order valence-electron chi connectivity index (χ3n) is 7.79. The van der Waals surface area contributed by atoms with Gasteiger partial charge in [0.1, 0.15) is 17.7 Å². The van der Waals surface area contributed by atoms with Gasteiger partial charge < -0.3 is 10.2 Å². The molecule has 0 saturated heterocycles. The van der Waals surface area contributed by atoms with Crippen LogP contribution in [0.1, 0.15) is 56.1 Å². The number of rotatable bonds is 13. The van der Waals surface area contributed by atoms with Gasteiger partial charge in [0.25, 0.3) is 0 Å². The Morgan fingerprint density at radius 1 is 0.884 bits per heavy atom. The molecule has 0 unspecified atom stereocenters. The van der Waals surface area contributed by atoms with Crippen LogP contribution in [0.15, 0.2) is 78.9 Å². The first-order chi connectivity index (χ1) is 20.6. The van der Waals surface area contributed by atoms with Crippen LogP contribution < -0.4 is 9.62 Å². The number of hydrogen-bond donors (Lipinski definition) is 1. The summed E-state index contributed by atoms with van der Waals surface area (Å²) in [7, 11) is -3.84. The minimum Gasteiger partial charge on any atom is -0.352 e. The number of carbonyl (C=O) groups excluding carboxylic acids is 2. The van der Waals surface area contributed by atoms with Crippen molar-refractivity contribution in [1.29, 1.82) is 0 Å². The molecule has 4 rings (SSSR count). The van der Waals surface area contributed by atoms with Gasteiger partial charge in [0.05, 0.1) is 11.9 Å². The Kier molecular flexibility index (Phi) is 11.3. The fraction of sp³-hybridized carbons (Fsp3) is 0.394. The molecule has 0 bridgehead atoms. The summed E-state index contributed by atoms with van der Waals surface area (Å²) < 4.78 is 55.3. The quantitative estimate of drug-likeness (QED) is 0.273. The summed E-state index contributed by atoms with van der Waals surface area (Å²) in [6.07, 6.45) is 6.03. The lowest BCUT2D eigenvalue weighted by Crippen LogP contribution is -2.53. The highest BCUT2D eigenvalue weighted by Gasteiger charge is 2.32. The van der Waals surface area contributed by atoms with Crippen molar-refractivity contribution < 1.29 is 26.8 Å². The summed E-state index contributed by atoms with van der Waals surface area (Å²) in [6, 6.07) is 20.1. The van der Waals surface area contributed by atoms with Crippen molar-refractivity contribution in [3.8, 4) is 0 Å². The molecule has 0 heterocycles. The highest BCUT2D eigenvalue weighted by Crippen LogP contribution is 2.24. The summed E-state index contributed by atoms with van der Waals surface area (Å²) in [6.45, 7) is -0.277. The molecule has 230 valence electrons. The van der Waals surface area contributed by atoms with Crippen molar-refractivity contribution in [2.24, 2.45) is 0 Å².